The van der Waals surface area contributed by atoms with E-state index in [-0.39, 0.29) is 43.3 Å². The van der Waals surface area contributed by atoms with Crippen molar-refractivity contribution in [3.05, 3.63) is 17.2 Å². The molecule has 0 atom stereocenters. The molecule has 0 aromatic carbocycles. The van der Waals surface area contributed by atoms with Gasteiger partial charge in [0.05, 0.1) is 0 Å². The molecule has 1 aromatic heterocycles. The third-order valence-electron chi connectivity index (χ3n) is 3.29. The van der Waals surface area contributed by atoms with Crippen LogP contribution in [0.25, 0.3) is 0 Å². The predicted molar refractivity (Wildman–Crippen MR) is 59.1 cm³/mol. The number of halogens is 6. The van der Waals surface area contributed by atoms with Crippen LogP contribution in [0.3, 0.4) is 0 Å². The van der Waals surface area contributed by atoms with Crippen molar-refractivity contribution >= 4 is 11.6 Å². The lowest BCUT2D eigenvalue weighted by atomic mass is 9.87. The second-order valence-corrected chi connectivity index (χ2v) is 5.22. The molecule has 0 N–H and O–H groups in total. The van der Waals surface area contributed by atoms with Gasteiger partial charge in [-0.15, -0.1) is 0 Å². The monoisotopic (exact) mass is 302 g/mol. The molecule has 2 rings (SSSR count). The molecule has 0 aliphatic heterocycles. The molecule has 1 aliphatic rings. The molecular weight excluding hydrogens is 291 g/mol. The van der Waals surface area contributed by atoms with Crippen molar-refractivity contribution in [3.8, 4) is 0 Å². The van der Waals surface area contributed by atoms with Crippen LogP contribution in [0.2, 0.25) is 5.15 Å². The fourth-order valence-corrected chi connectivity index (χ4v) is 2.51. The van der Waals surface area contributed by atoms with Crippen LogP contribution >= 0.6 is 11.6 Å². The van der Waals surface area contributed by atoms with Gasteiger partial charge in [-0.25, -0.2) is 13.8 Å². The Morgan fingerprint density at radius 1 is 1.32 bits per heavy atom. The summed E-state index contributed by atoms with van der Waals surface area (Å²) >= 11 is 5.48. The first-order chi connectivity index (χ1) is 8.67. The smallest absolute Gasteiger partial charge is 0.326 e. The zero-order valence-electron chi connectivity index (χ0n) is 9.85. The van der Waals surface area contributed by atoms with E-state index in [1.807, 2.05) is 0 Å². The Labute approximate surface area is 111 Å². The van der Waals surface area contributed by atoms with Crippen LogP contribution in [0.4, 0.5) is 22.0 Å². The Balaban J connectivity index is 2.08. The van der Waals surface area contributed by atoms with Gasteiger partial charge in [0.1, 0.15) is 5.15 Å². The highest BCUT2D eigenvalue weighted by molar-refractivity contribution is 6.29. The molecule has 1 aromatic rings. The molecule has 0 bridgehead atoms. The molecular formula is C11H12ClF5N2. The molecule has 0 spiro atoms. The van der Waals surface area contributed by atoms with Crippen molar-refractivity contribution in [2.75, 3.05) is 0 Å². The summed E-state index contributed by atoms with van der Waals surface area (Å²) in [5.74, 6) is -3.96. The lowest BCUT2D eigenvalue weighted by Crippen LogP contribution is -2.27. The van der Waals surface area contributed by atoms with Crippen LogP contribution in [0, 0.1) is 5.92 Å². The van der Waals surface area contributed by atoms with E-state index < -0.39 is 17.9 Å². The van der Waals surface area contributed by atoms with Gasteiger partial charge < -0.3 is 4.57 Å². The summed E-state index contributed by atoms with van der Waals surface area (Å²) in [6.07, 6.45) is -3.63. The summed E-state index contributed by atoms with van der Waals surface area (Å²) in [4.78, 5) is 3.23. The summed E-state index contributed by atoms with van der Waals surface area (Å²) in [7, 11) is 0. The lowest BCUT2D eigenvalue weighted by Gasteiger charge is -2.28. The minimum atomic E-state index is -4.59. The van der Waals surface area contributed by atoms with Crippen molar-refractivity contribution in [3.63, 3.8) is 0 Å². The summed E-state index contributed by atoms with van der Waals surface area (Å²) in [5.41, 5.74) is 0. The Morgan fingerprint density at radius 3 is 2.42 bits per heavy atom. The van der Waals surface area contributed by atoms with Crippen LogP contribution in [-0.2, 0) is 12.7 Å². The molecule has 0 radical (unpaired) electrons. The fourth-order valence-electron chi connectivity index (χ4n) is 2.31. The molecule has 108 valence electrons. The summed E-state index contributed by atoms with van der Waals surface area (Å²) in [5, 5.41) is -0.242. The van der Waals surface area contributed by atoms with Gasteiger partial charge in [0.2, 0.25) is 11.7 Å². The molecule has 0 amide bonds. The second kappa shape index (κ2) is 4.92. The average Bonchev–Trinajstić information content (AvgIpc) is 2.62. The van der Waals surface area contributed by atoms with Crippen LogP contribution < -0.4 is 0 Å². The standard InChI is InChI=1S/C11H12ClF5N2/c12-8-6-19(9(18-8)11(15,16)17)5-7-1-3-10(13,14)4-2-7/h6-7H,1-5H2. The zero-order valence-corrected chi connectivity index (χ0v) is 10.6. The summed E-state index contributed by atoms with van der Waals surface area (Å²) < 4.78 is 64.9. The maximum atomic E-state index is 13.0. The largest absolute Gasteiger partial charge is 0.449 e. The minimum Gasteiger partial charge on any atom is -0.326 e. The van der Waals surface area contributed by atoms with E-state index in [4.69, 9.17) is 11.6 Å². The van der Waals surface area contributed by atoms with E-state index in [1.165, 1.54) is 0 Å². The summed E-state index contributed by atoms with van der Waals surface area (Å²) in [6.45, 7) is 0.0185. The van der Waals surface area contributed by atoms with Gasteiger partial charge in [0, 0.05) is 25.6 Å². The van der Waals surface area contributed by atoms with Gasteiger partial charge in [0.15, 0.2) is 0 Å². The van der Waals surface area contributed by atoms with E-state index in [9.17, 15) is 22.0 Å². The minimum absolute atomic E-state index is 0.0185. The van der Waals surface area contributed by atoms with Crippen molar-refractivity contribution < 1.29 is 22.0 Å². The van der Waals surface area contributed by atoms with Gasteiger partial charge in [-0.3, -0.25) is 0 Å². The first kappa shape index (κ1) is 14.6. The van der Waals surface area contributed by atoms with E-state index in [2.05, 4.69) is 4.98 Å². The lowest BCUT2D eigenvalue weighted by molar-refractivity contribution is -0.147. The Kier molecular flexibility index (Phi) is 3.77. The van der Waals surface area contributed by atoms with E-state index in [1.54, 1.807) is 0 Å². The van der Waals surface area contributed by atoms with Crippen molar-refractivity contribution in [1.82, 2.24) is 9.55 Å². The van der Waals surface area contributed by atoms with E-state index in [0.29, 0.717) is 0 Å². The normalized spacial score (nSPS) is 20.7. The second-order valence-electron chi connectivity index (χ2n) is 4.84. The molecule has 0 saturated heterocycles. The van der Waals surface area contributed by atoms with Crippen molar-refractivity contribution in [2.45, 2.75) is 44.3 Å². The molecule has 1 heterocycles. The molecule has 19 heavy (non-hydrogen) atoms. The van der Waals surface area contributed by atoms with Crippen LogP contribution in [-0.4, -0.2) is 15.5 Å². The number of hydrogen-bond donors (Lipinski definition) is 0. The Bertz CT molecular complexity index is 444. The van der Waals surface area contributed by atoms with Crippen LogP contribution in [0.5, 0.6) is 0 Å². The van der Waals surface area contributed by atoms with Gasteiger partial charge in [-0.2, -0.15) is 13.2 Å². The van der Waals surface area contributed by atoms with Gasteiger partial charge in [-0.1, -0.05) is 11.6 Å². The third kappa shape index (κ3) is 3.58. The van der Waals surface area contributed by atoms with E-state index in [0.717, 1.165) is 10.8 Å². The molecule has 0 unspecified atom stereocenters. The molecule has 8 heteroatoms. The first-order valence-electron chi connectivity index (χ1n) is 5.85. The van der Waals surface area contributed by atoms with E-state index >= 15 is 0 Å². The summed E-state index contributed by atoms with van der Waals surface area (Å²) in [6, 6.07) is 0. The molecule has 1 saturated carbocycles. The Hall–Kier alpha value is -0.850. The zero-order chi connectivity index (χ0) is 14.3. The number of nitrogens with zero attached hydrogens (tertiary/aromatic N) is 2. The highest BCUT2D eigenvalue weighted by atomic mass is 35.5. The highest BCUT2D eigenvalue weighted by Crippen LogP contribution is 2.38. The quantitative estimate of drug-likeness (QED) is 0.741. The van der Waals surface area contributed by atoms with Crippen LogP contribution in [0.15, 0.2) is 6.20 Å². The average molecular weight is 303 g/mol. The fraction of sp³-hybridized carbons (Fsp3) is 0.727. The number of alkyl halides is 5. The van der Waals surface area contributed by atoms with Gasteiger partial charge in [0.25, 0.3) is 0 Å². The highest BCUT2D eigenvalue weighted by Gasteiger charge is 2.39. The molecule has 1 fully saturated rings. The van der Waals surface area contributed by atoms with Crippen molar-refractivity contribution in [2.24, 2.45) is 5.92 Å². The maximum absolute atomic E-state index is 13.0. The van der Waals surface area contributed by atoms with Gasteiger partial charge in [-0.05, 0) is 18.8 Å². The number of imidazole rings is 1. The predicted octanol–water partition coefficient (Wildman–Crippen LogP) is 4.38. The van der Waals surface area contributed by atoms with Crippen molar-refractivity contribution in [1.29, 1.82) is 0 Å². The SMILES string of the molecule is FC1(F)CCC(Cn2cc(Cl)nc2C(F)(F)F)CC1. The number of hydrogen-bond acceptors (Lipinski definition) is 1. The van der Waals surface area contributed by atoms with Crippen LogP contribution in [0.1, 0.15) is 31.5 Å². The first-order valence-corrected chi connectivity index (χ1v) is 6.23. The number of aromatic nitrogens is 2. The Morgan fingerprint density at radius 2 is 1.89 bits per heavy atom. The number of rotatable bonds is 2. The third-order valence-corrected chi connectivity index (χ3v) is 3.47. The molecule has 2 nitrogen and oxygen atoms in total. The molecule has 1 aliphatic carbocycles. The maximum Gasteiger partial charge on any atom is 0.449 e. The van der Waals surface area contributed by atoms with Gasteiger partial charge >= 0.3 is 6.18 Å². The topological polar surface area (TPSA) is 17.8 Å².